The van der Waals surface area contributed by atoms with Crippen molar-refractivity contribution in [1.82, 2.24) is 4.98 Å². The average molecular weight is 257 g/mol. The van der Waals surface area contributed by atoms with E-state index < -0.39 is 0 Å². The number of carbonyl (C=O) groups excluding carboxylic acids is 2. The Balaban J connectivity index is 2.37. The number of nitrogens with one attached hydrogen (secondary N) is 1. The van der Waals surface area contributed by atoms with Crippen molar-refractivity contribution in [3.8, 4) is 5.75 Å². The van der Waals surface area contributed by atoms with Gasteiger partial charge in [0.25, 0.3) is 0 Å². The van der Waals surface area contributed by atoms with Crippen LogP contribution in [0.3, 0.4) is 0 Å². The van der Waals surface area contributed by atoms with Gasteiger partial charge in [0.1, 0.15) is 5.75 Å². The second kappa shape index (κ2) is 3.71. The number of hydrogen-bond acceptors (Lipinski definition) is 4. The molecule has 5 nitrogen and oxygen atoms in total. The molecule has 19 heavy (non-hydrogen) atoms. The largest absolute Gasteiger partial charge is 0.508 e. The van der Waals surface area contributed by atoms with Gasteiger partial charge in [0.15, 0.2) is 5.76 Å². The lowest BCUT2D eigenvalue weighted by Crippen LogP contribution is -2.17. The van der Waals surface area contributed by atoms with E-state index in [1.54, 1.807) is 13.0 Å². The molecule has 0 amide bonds. The summed E-state index contributed by atoms with van der Waals surface area (Å²) in [5, 5.41) is 10.3. The zero-order valence-electron chi connectivity index (χ0n) is 10.4. The maximum Gasteiger partial charge on any atom is 0.230 e. The summed E-state index contributed by atoms with van der Waals surface area (Å²) in [6, 6.07) is 3.19. The Hall–Kier alpha value is -2.56. The predicted molar refractivity (Wildman–Crippen MR) is 68.5 cm³/mol. The normalized spacial score (nSPS) is 14.5. The molecular weight excluding hydrogens is 246 g/mol. The van der Waals surface area contributed by atoms with E-state index in [0.717, 1.165) is 0 Å². The minimum atomic E-state index is -0.326. The second-order valence-corrected chi connectivity index (χ2v) is 4.47. The summed E-state index contributed by atoms with van der Waals surface area (Å²) in [4.78, 5) is 27.1. The fourth-order valence-corrected chi connectivity index (χ4v) is 2.29. The quantitative estimate of drug-likeness (QED) is 0.819. The summed E-state index contributed by atoms with van der Waals surface area (Å²) in [6.45, 7) is 1.73. The highest BCUT2D eigenvalue weighted by atomic mass is 16.5. The van der Waals surface area contributed by atoms with E-state index in [1.165, 1.54) is 19.3 Å². The molecule has 2 aromatic rings. The Kier molecular flexibility index (Phi) is 2.25. The predicted octanol–water partition coefficient (Wildman–Crippen LogP) is 2.09. The van der Waals surface area contributed by atoms with E-state index in [2.05, 4.69) is 4.98 Å². The zero-order chi connectivity index (χ0) is 13.7. The van der Waals surface area contributed by atoms with Gasteiger partial charge in [-0.1, -0.05) is 0 Å². The van der Waals surface area contributed by atoms with E-state index in [-0.39, 0.29) is 28.8 Å². The first kappa shape index (κ1) is 11.5. The number of aromatic amines is 1. The van der Waals surface area contributed by atoms with Crippen molar-refractivity contribution in [2.24, 2.45) is 0 Å². The molecule has 0 spiro atoms. The SMILES string of the molecule is COC1=CC(=O)c2[nH]c3cc(O)c(C)cc3c2C1=O. The minimum absolute atomic E-state index is 0.0316. The van der Waals surface area contributed by atoms with E-state index >= 15 is 0 Å². The van der Waals surface area contributed by atoms with Gasteiger partial charge < -0.3 is 14.8 Å². The summed E-state index contributed by atoms with van der Waals surface area (Å²) in [5.74, 6) is -0.483. The molecule has 0 fully saturated rings. The highest BCUT2D eigenvalue weighted by Crippen LogP contribution is 2.32. The molecule has 1 heterocycles. The molecular formula is C14H11NO4. The Morgan fingerprint density at radius 3 is 2.68 bits per heavy atom. The van der Waals surface area contributed by atoms with Crippen LogP contribution in [0, 0.1) is 6.92 Å². The van der Waals surface area contributed by atoms with Crippen molar-refractivity contribution < 1.29 is 19.4 Å². The summed E-state index contributed by atoms with van der Waals surface area (Å²) in [6.07, 6.45) is 1.17. The van der Waals surface area contributed by atoms with Gasteiger partial charge in [-0.05, 0) is 18.6 Å². The van der Waals surface area contributed by atoms with Crippen LogP contribution in [0.1, 0.15) is 26.4 Å². The van der Waals surface area contributed by atoms with Crippen LogP contribution in [0.25, 0.3) is 10.9 Å². The number of phenolic OH excluding ortho intramolecular Hbond substituents is 1. The topological polar surface area (TPSA) is 79.4 Å². The molecule has 0 radical (unpaired) electrons. The van der Waals surface area contributed by atoms with E-state index in [9.17, 15) is 14.7 Å². The van der Waals surface area contributed by atoms with Crippen LogP contribution in [0.15, 0.2) is 24.0 Å². The lowest BCUT2D eigenvalue weighted by Gasteiger charge is -2.10. The third-order valence-electron chi connectivity index (χ3n) is 3.29. The Morgan fingerprint density at radius 2 is 2.00 bits per heavy atom. The van der Waals surface area contributed by atoms with Crippen molar-refractivity contribution in [2.45, 2.75) is 6.92 Å². The molecule has 5 heteroatoms. The molecule has 1 aromatic heterocycles. The smallest absolute Gasteiger partial charge is 0.230 e. The third kappa shape index (κ3) is 1.48. The molecule has 2 N–H and O–H groups in total. The molecule has 3 rings (SSSR count). The molecule has 0 bridgehead atoms. The number of hydrogen-bond donors (Lipinski definition) is 2. The van der Waals surface area contributed by atoms with E-state index in [1.807, 2.05) is 0 Å². The Bertz CT molecular complexity index is 767. The third-order valence-corrected chi connectivity index (χ3v) is 3.29. The van der Waals surface area contributed by atoms with Gasteiger partial charge in [-0.2, -0.15) is 0 Å². The van der Waals surface area contributed by atoms with Crippen molar-refractivity contribution in [2.75, 3.05) is 7.11 Å². The number of ether oxygens (including phenoxy) is 1. The van der Waals surface area contributed by atoms with Gasteiger partial charge in [0.2, 0.25) is 11.6 Å². The molecule has 0 aliphatic heterocycles. The first-order valence-corrected chi connectivity index (χ1v) is 5.73. The highest BCUT2D eigenvalue weighted by Gasteiger charge is 2.30. The first-order valence-electron chi connectivity index (χ1n) is 5.73. The number of aryl methyl sites for hydroxylation is 1. The van der Waals surface area contributed by atoms with Crippen LogP contribution >= 0.6 is 0 Å². The highest BCUT2D eigenvalue weighted by molar-refractivity contribution is 6.28. The van der Waals surface area contributed by atoms with Gasteiger partial charge in [-0.3, -0.25) is 9.59 Å². The van der Waals surface area contributed by atoms with E-state index in [0.29, 0.717) is 22.0 Å². The number of allylic oxidation sites excluding steroid dienone is 2. The average Bonchev–Trinajstić information content (AvgIpc) is 2.73. The number of benzene rings is 1. The van der Waals surface area contributed by atoms with Crippen molar-refractivity contribution >= 4 is 22.5 Å². The fourth-order valence-electron chi connectivity index (χ4n) is 2.29. The number of ketones is 2. The van der Waals surface area contributed by atoms with Gasteiger partial charge in [0, 0.05) is 17.5 Å². The number of aromatic nitrogens is 1. The lowest BCUT2D eigenvalue weighted by molar-refractivity contribution is 0.0917. The van der Waals surface area contributed by atoms with Gasteiger partial charge >= 0.3 is 0 Å². The van der Waals surface area contributed by atoms with Gasteiger partial charge in [0.05, 0.1) is 23.9 Å². The number of phenols is 1. The van der Waals surface area contributed by atoms with Crippen LogP contribution in [0.2, 0.25) is 0 Å². The molecule has 0 atom stereocenters. The minimum Gasteiger partial charge on any atom is -0.508 e. The number of aromatic hydroxyl groups is 1. The monoisotopic (exact) mass is 257 g/mol. The molecule has 1 aromatic carbocycles. The number of methoxy groups -OCH3 is 1. The lowest BCUT2D eigenvalue weighted by atomic mass is 9.97. The molecule has 0 saturated heterocycles. The molecule has 0 unspecified atom stereocenters. The summed E-state index contributed by atoms with van der Waals surface area (Å²) in [5.41, 5.74) is 1.75. The Labute approximate surface area is 108 Å². The van der Waals surface area contributed by atoms with Gasteiger partial charge in [-0.25, -0.2) is 0 Å². The number of Topliss-reactive ketones (excluding diaryl/α,β-unsaturated/α-hetero) is 1. The summed E-state index contributed by atoms with van der Waals surface area (Å²) in [7, 11) is 1.36. The standard InChI is InChI=1S/C14H11NO4/c1-6-3-7-8(4-9(6)16)15-13-10(17)5-11(19-2)14(18)12(7)13/h3-5,15-16H,1-2H3. The second-order valence-electron chi connectivity index (χ2n) is 4.47. The van der Waals surface area contributed by atoms with Crippen molar-refractivity contribution in [1.29, 1.82) is 0 Å². The van der Waals surface area contributed by atoms with Crippen LogP contribution in [0.5, 0.6) is 5.75 Å². The number of H-pyrrole nitrogens is 1. The van der Waals surface area contributed by atoms with Crippen LogP contribution < -0.4 is 0 Å². The van der Waals surface area contributed by atoms with Crippen LogP contribution in [-0.4, -0.2) is 28.8 Å². The molecule has 96 valence electrons. The van der Waals surface area contributed by atoms with Crippen LogP contribution in [-0.2, 0) is 4.74 Å². The first-order chi connectivity index (χ1) is 9.02. The molecule has 0 saturated carbocycles. The number of rotatable bonds is 1. The summed E-state index contributed by atoms with van der Waals surface area (Å²) < 4.78 is 4.93. The number of fused-ring (bicyclic) bond motifs is 3. The zero-order valence-corrected chi connectivity index (χ0v) is 10.4. The Morgan fingerprint density at radius 1 is 1.26 bits per heavy atom. The van der Waals surface area contributed by atoms with Crippen molar-refractivity contribution in [3.05, 3.63) is 40.8 Å². The molecule has 1 aliphatic carbocycles. The maximum absolute atomic E-state index is 12.2. The van der Waals surface area contributed by atoms with E-state index in [4.69, 9.17) is 4.74 Å². The van der Waals surface area contributed by atoms with Gasteiger partial charge in [-0.15, -0.1) is 0 Å². The van der Waals surface area contributed by atoms with Crippen molar-refractivity contribution in [3.63, 3.8) is 0 Å². The number of carbonyl (C=O) groups is 2. The summed E-state index contributed by atoms with van der Waals surface area (Å²) >= 11 is 0. The molecule has 1 aliphatic rings. The fraction of sp³-hybridized carbons (Fsp3) is 0.143. The maximum atomic E-state index is 12.2. The van der Waals surface area contributed by atoms with Crippen LogP contribution in [0.4, 0.5) is 0 Å².